The zero-order valence-corrected chi connectivity index (χ0v) is 6.54. The molecule has 0 bridgehead atoms. The van der Waals surface area contributed by atoms with Crippen LogP contribution in [0.5, 0.6) is 0 Å². The summed E-state index contributed by atoms with van der Waals surface area (Å²) >= 11 is 5.48. The predicted octanol–water partition coefficient (Wildman–Crippen LogP) is 1.61. The largest absolute Gasteiger partial charge is 0.454 e. The van der Waals surface area contributed by atoms with E-state index in [2.05, 4.69) is 0 Å². The standard InChI is InChI=1S/C8H7ClO2/c9-4-6-5-2-1-3-7(5)11-8(6)10/h1,3-5,7H,2H2/b6-4-/t5-,7-/m0/s1. The Bertz CT molecular complexity index is 255. The third-order valence-corrected chi connectivity index (χ3v) is 2.34. The van der Waals surface area contributed by atoms with E-state index in [0.29, 0.717) is 5.57 Å². The predicted molar refractivity (Wildman–Crippen MR) is 41.1 cm³/mol. The average Bonchev–Trinajstić information content (AvgIpc) is 2.46. The van der Waals surface area contributed by atoms with E-state index in [0.717, 1.165) is 6.42 Å². The van der Waals surface area contributed by atoms with Gasteiger partial charge in [0.1, 0.15) is 6.10 Å². The third-order valence-electron chi connectivity index (χ3n) is 2.11. The highest BCUT2D eigenvalue weighted by molar-refractivity contribution is 6.27. The molecule has 58 valence electrons. The SMILES string of the molecule is O=C1O[C@H]2C=CC[C@H]2/C1=C/Cl. The molecule has 2 nitrogen and oxygen atoms in total. The normalized spacial score (nSPS) is 37.9. The number of hydrogen-bond donors (Lipinski definition) is 0. The second kappa shape index (κ2) is 2.38. The molecule has 0 spiro atoms. The molecule has 2 aliphatic rings. The van der Waals surface area contributed by atoms with Crippen LogP contribution in [-0.2, 0) is 9.53 Å². The Labute approximate surface area is 69.5 Å². The summed E-state index contributed by atoms with van der Waals surface area (Å²) in [6.07, 6.45) is 4.75. The number of hydrogen-bond acceptors (Lipinski definition) is 2. The number of allylic oxidation sites excluding steroid dienone is 1. The highest BCUT2D eigenvalue weighted by atomic mass is 35.5. The first-order valence-electron chi connectivity index (χ1n) is 3.51. The lowest BCUT2D eigenvalue weighted by Gasteiger charge is -2.03. The Morgan fingerprint density at radius 3 is 3.27 bits per heavy atom. The monoisotopic (exact) mass is 170 g/mol. The molecule has 3 heteroatoms. The van der Waals surface area contributed by atoms with Crippen LogP contribution in [-0.4, -0.2) is 12.1 Å². The zero-order valence-electron chi connectivity index (χ0n) is 5.79. The van der Waals surface area contributed by atoms with E-state index in [9.17, 15) is 4.79 Å². The third kappa shape index (κ3) is 0.897. The molecular formula is C8H7ClO2. The number of halogens is 1. The lowest BCUT2D eigenvalue weighted by molar-refractivity contribution is -0.137. The Morgan fingerprint density at radius 1 is 1.73 bits per heavy atom. The van der Waals surface area contributed by atoms with Crippen LogP contribution in [0, 0.1) is 5.92 Å². The fourth-order valence-corrected chi connectivity index (χ4v) is 1.77. The maximum atomic E-state index is 11.0. The first-order chi connectivity index (χ1) is 5.33. The molecule has 1 heterocycles. The Hall–Kier alpha value is -0.760. The molecule has 0 radical (unpaired) electrons. The summed E-state index contributed by atoms with van der Waals surface area (Å²) in [6, 6.07) is 0. The molecule has 0 N–H and O–H groups in total. The molecular weight excluding hydrogens is 164 g/mol. The molecule has 0 saturated carbocycles. The second-order valence-electron chi connectivity index (χ2n) is 2.70. The van der Waals surface area contributed by atoms with Crippen molar-refractivity contribution in [3.8, 4) is 0 Å². The topological polar surface area (TPSA) is 26.3 Å². The molecule has 1 aliphatic carbocycles. The molecule has 0 aromatic carbocycles. The smallest absolute Gasteiger partial charge is 0.335 e. The summed E-state index contributed by atoms with van der Waals surface area (Å²) in [4.78, 5) is 11.0. The fraction of sp³-hybridized carbons (Fsp3) is 0.375. The van der Waals surface area contributed by atoms with Gasteiger partial charge in [0.05, 0.1) is 5.57 Å². The maximum Gasteiger partial charge on any atom is 0.335 e. The number of carbonyl (C=O) groups is 1. The van der Waals surface area contributed by atoms with Gasteiger partial charge in [0.15, 0.2) is 0 Å². The van der Waals surface area contributed by atoms with E-state index < -0.39 is 0 Å². The minimum Gasteiger partial charge on any atom is -0.454 e. The number of fused-ring (bicyclic) bond motifs is 1. The summed E-state index contributed by atoms with van der Waals surface area (Å²) in [5, 5.41) is 0. The van der Waals surface area contributed by atoms with E-state index in [-0.39, 0.29) is 18.0 Å². The van der Waals surface area contributed by atoms with Crippen molar-refractivity contribution in [1.82, 2.24) is 0 Å². The Morgan fingerprint density at radius 2 is 2.55 bits per heavy atom. The van der Waals surface area contributed by atoms with Crippen LogP contribution in [0.4, 0.5) is 0 Å². The van der Waals surface area contributed by atoms with Crippen LogP contribution in [0.2, 0.25) is 0 Å². The number of carbonyl (C=O) groups excluding carboxylic acids is 1. The van der Waals surface area contributed by atoms with Crippen LogP contribution >= 0.6 is 11.6 Å². The van der Waals surface area contributed by atoms with E-state index in [1.807, 2.05) is 12.2 Å². The van der Waals surface area contributed by atoms with Gasteiger partial charge < -0.3 is 4.74 Å². The van der Waals surface area contributed by atoms with Gasteiger partial charge in [0.2, 0.25) is 0 Å². The van der Waals surface area contributed by atoms with Crippen molar-refractivity contribution < 1.29 is 9.53 Å². The fourth-order valence-electron chi connectivity index (χ4n) is 1.52. The Balaban J connectivity index is 2.31. The van der Waals surface area contributed by atoms with Gasteiger partial charge >= 0.3 is 5.97 Å². The van der Waals surface area contributed by atoms with Gasteiger partial charge in [-0.2, -0.15) is 0 Å². The van der Waals surface area contributed by atoms with E-state index in [1.165, 1.54) is 5.54 Å². The van der Waals surface area contributed by atoms with Crippen molar-refractivity contribution in [2.75, 3.05) is 0 Å². The van der Waals surface area contributed by atoms with Gasteiger partial charge in [0, 0.05) is 11.5 Å². The second-order valence-corrected chi connectivity index (χ2v) is 2.92. The molecule has 11 heavy (non-hydrogen) atoms. The molecule has 0 aromatic heterocycles. The summed E-state index contributed by atoms with van der Waals surface area (Å²) in [5.74, 6) is -0.0839. The van der Waals surface area contributed by atoms with Crippen molar-refractivity contribution in [2.24, 2.45) is 5.92 Å². The quantitative estimate of drug-likeness (QED) is 0.314. The van der Waals surface area contributed by atoms with Crippen LogP contribution in [0.25, 0.3) is 0 Å². The summed E-state index contributed by atoms with van der Waals surface area (Å²) < 4.78 is 5.01. The molecule has 1 aliphatic heterocycles. The van der Waals surface area contributed by atoms with Gasteiger partial charge in [-0.05, 0) is 12.5 Å². The van der Waals surface area contributed by atoms with Gasteiger partial charge in [-0.3, -0.25) is 0 Å². The summed E-state index contributed by atoms with van der Waals surface area (Å²) in [6.45, 7) is 0. The highest BCUT2D eigenvalue weighted by Gasteiger charge is 2.39. The average molecular weight is 171 g/mol. The molecule has 1 saturated heterocycles. The minimum atomic E-state index is -0.264. The molecule has 2 atom stereocenters. The highest BCUT2D eigenvalue weighted by Crippen LogP contribution is 2.35. The first-order valence-corrected chi connectivity index (χ1v) is 3.94. The lowest BCUT2D eigenvalue weighted by atomic mass is 9.99. The van der Waals surface area contributed by atoms with Crippen molar-refractivity contribution in [1.29, 1.82) is 0 Å². The molecule has 0 amide bonds. The van der Waals surface area contributed by atoms with Crippen LogP contribution in [0.15, 0.2) is 23.3 Å². The van der Waals surface area contributed by atoms with Crippen molar-refractivity contribution in [3.63, 3.8) is 0 Å². The number of ether oxygens (including phenoxy) is 1. The van der Waals surface area contributed by atoms with E-state index in [4.69, 9.17) is 16.3 Å². The zero-order chi connectivity index (χ0) is 7.84. The van der Waals surface area contributed by atoms with Gasteiger partial charge in [-0.15, -0.1) is 0 Å². The summed E-state index contributed by atoms with van der Waals surface area (Å²) in [5.41, 5.74) is 1.95. The molecule has 0 aromatic rings. The van der Waals surface area contributed by atoms with Crippen molar-refractivity contribution in [3.05, 3.63) is 23.3 Å². The molecule has 1 fully saturated rings. The molecule has 2 rings (SSSR count). The van der Waals surface area contributed by atoms with Crippen molar-refractivity contribution in [2.45, 2.75) is 12.5 Å². The van der Waals surface area contributed by atoms with Crippen LogP contribution < -0.4 is 0 Å². The van der Waals surface area contributed by atoms with Gasteiger partial charge in [-0.25, -0.2) is 4.79 Å². The number of rotatable bonds is 0. The van der Waals surface area contributed by atoms with E-state index >= 15 is 0 Å². The number of esters is 1. The lowest BCUT2D eigenvalue weighted by Crippen LogP contribution is -2.07. The van der Waals surface area contributed by atoms with Crippen LogP contribution in [0.3, 0.4) is 0 Å². The van der Waals surface area contributed by atoms with E-state index in [1.54, 1.807) is 0 Å². The van der Waals surface area contributed by atoms with Crippen LogP contribution in [0.1, 0.15) is 6.42 Å². The minimum absolute atomic E-state index is 0.0486. The first kappa shape index (κ1) is 6.92. The summed E-state index contributed by atoms with van der Waals surface area (Å²) in [7, 11) is 0. The van der Waals surface area contributed by atoms with Gasteiger partial charge in [-0.1, -0.05) is 17.7 Å². The maximum absolute atomic E-state index is 11.0. The van der Waals surface area contributed by atoms with Crippen molar-refractivity contribution >= 4 is 17.6 Å². The Kier molecular flexibility index (Phi) is 1.50. The van der Waals surface area contributed by atoms with Gasteiger partial charge in [0.25, 0.3) is 0 Å². The molecule has 0 unspecified atom stereocenters.